The summed E-state index contributed by atoms with van der Waals surface area (Å²) in [6, 6.07) is 22.1. The molecule has 0 radical (unpaired) electrons. The summed E-state index contributed by atoms with van der Waals surface area (Å²) in [5.74, 6) is -0.152. The first-order chi connectivity index (χ1) is 20.4. The highest BCUT2D eigenvalue weighted by atomic mass is 32.1. The zero-order valence-electron chi connectivity index (χ0n) is 23.3. The summed E-state index contributed by atoms with van der Waals surface area (Å²) in [4.78, 5) is 30.2. The molecule has 0 saturated carbocycles. The summed E-state index contributed by atoms with van der Waals surface area (Å²) < 4.78 is 20.7. The maximum Gasteiger partial charge on any atom is 0.252 e. The SMILES string of the molecule is CCCCOc1ccc(NC(=O)CC2C(=O)N(Cc3ccccc3)C(=S)N2c2cnn(Cc3ccc(F)cc3)c2)cc1. The van der Waals surface area contributed by atoms with Crippen molar-refractivity contribution in [2.45, 2.75) is 45.3 Å². The maximum absolute atomic E-state index is 13.7. The van der Waals surface area contributed by atoms with E-state index in [1.165, 1.54) is 17.0 Å². The Morgan fingerprint density at radius 1 is 1.00 bits per heavy atom. The Morgan fingerprint density at radius 2 is 1.71 bits per heavy atom. The molecular weight excluding hydrogens is 553 g/mol. The lowest BCUT2D eigenvalue weighted by Gasteiger charge is -2.22. The minimum Gasteiger partial charge on any atom is -0.494 e. The van der Waals surface area contributed by atoms with Crippen LogP contribution in [0.1, 0.15) is 37.3 Å². The zero-order chi connectivity index (χ0) is 29.5. The normalized spacial score (nSPS) is 14.9. The van der Waals surface area contributed by atoms with Gasteiger partial charge >= 0.3 is 0 Å². The number of nitrogens with zero attached hydrogens (tertiary/aromatic N) is 4. The van der Waals surface area contributed by atoms with E-state index in [1.807, 2.05) is 42.5 Å². The number of anilines is 2. The number of carbonyl (C=O) groups excluding carboxylic acids is 2. The summed E-state index contributed by atoms with van der Waals surface area (Å²) in [5.41, 5.74) is 2.99. The monoisotopic (exact) mass is 585 g/mol. The van der Waals surface area contributed by atoms with E-state index in [0.717, 1.165) is 29.7 Å². The standard InChI is InChI=1S/C32H32FN5O3S/c1-2-3-17-41-28-15-13-26(14-16-28)35-30(39)18-29-31(40)37(21-23-7-5-4-6-8-23)32(42)38(29)27-19-34-36(22-27)20-24-9-11-25(33)12-10-24/h4-16,19,22,29H,2-3,17-18,20-21H2,1H3,(H,35,39). The summed E-state index contributed by atoms with van der Waals surface area (Å²) in [5, 5.41) is 7.64. The van der Waals surface area contributed by atoms with Crippen LogP contribution in [0.4, 0.5) is 15.8 Å². The molecule has 0 bridgehead atoms. The van der Waals surface area contributed by atoms with Gasteiger partial charge < -0.3 is 15.0 Å². The molecule has 2 amide bonds. The lowest BCUT2D eigenvalue weighted by molar-refractivity contribution is -0.129. The molecule has 1 unspecified atom stereocenters. The summed E-state index contributed by atoms with van der Waals surface area (Å²) >= 11 is 5.80. The number of thiocarbonyl (C=S) groups is 1. The van der Waals surface area contributed by atoms with Gasteiger partial charge in [-0.25, -0.2) is 4.39 Å². The van der Waals surface area contributed by atoms with E-state index in [-0.39, 0.29) is 30.6 Å². The number of hydrogen-bond acceptors (Lipinski definition) is 5. The van der Waals surface area contributed by atoms with Gasteiger partial charge in [-0.2, -0.15) is 5.10 Å². The first-order valence-corrected chi connectivity index (χ1v) is 14.3. The second-order valence-electron chi connectivity index (χ2n) is 10.1. The van der Waals surface area contributed by atoms with Crippen molar-refractivity contribution in [2.24, 2.45) is 0 Å². The van der Waals surface area contributed by atoms with E-state index in [9.17, 15) is 14.0 Å². The van der Waals surface area contributed by atoms with Gasteiger partial charge in [-0.05, 0) is 66.2 Å². The first kappa shape index (κ1) is 28.9. The minimum atomic E-state index is -0.846. The van der Waals surface area contributed by atoms with E-state index >= 15 is 0 Å². The summed E-state index contributed by atoms with van der Waals surface area (Å²) in [6.07, 6.45) is 5.31. The zero-order valence-corrected chi connectivity index (χ0v) is 24.1. The molecule has 4 aromatic rings. The van der Waals surface area contributed by atoms with Gasteiger partial charge in [0.25, 0.3) is 5.91 Å². The highest BCUT2D eigenvalue weighted by Gasteiger charge is 2.44. The molecule has 1 aliphatic rings. The van der Waals surface area contributed by atoms with Crippen LogP contribution >= 0.6 is 12.2 Å². The van der Waals surface area contributed by atoms with Crippen molar-refractivity contribution in [2.75, 3.05) is 16.8 Å². The Labute approximate surface area is 249 Å². The van der Waals surface area contributed by atoms with Crippen LogP contribution in [0.25, 0.3) is 0 Å². The molecule has 1 N–H and O–H groups in total. The predicted octanol–water partition coefficient (Wildman–Crippen LogP) is 5.78. The van der Waals surface area contributed by atoms with Gasteiger partial charge in [0.2, 0.25) is 5.91 Å². The molecular formula is C32H32FN5O3S. The van der Waals surface area contributed by atoms with Crippen LogP contribution < -0.4 is 15.0 Å². The van der Waals surface area contributed by atoms with E-state index in [0.29, 0.717) is 29.6 Å². The molecule has 3 aromatic carbocycles. The number of ether oxygens (including phenoxy) is 1. The molecule has 0 aliphatic carbocycles. The largest absolute Gasteiger partial charge is 0.494 e. The van der Waals surface area contributed by atoms with Crippen LogP contribution in [0.5, 0.6) is 5.75 Å². The highest BCUT2D eigenvalue weighted by molar-refractivity contribution is 7.80. The molecule has 1 atom stereocenters. The van der Waals surface area contributed by atoms with Crippen LogP contribution in [0.15, 0.2) is 91.3 Å². The quantitative estimate of drug-likeness (QED) is 0.168. The fraction of sp³-hybridized carbons (Fsp3) is 0.250. The Hall–Kier alpha value is -4.57. The number of nitrogens with one attached hydrogen (secondary N) is 1. The smallest absolute Gasteiger partial charge is 0.252 e. The van der Waals surface area contributed by atoms with Gasteiger partial charge in [-0.3, -0.25) is 19.2 Å². The van der Waals surface area contributed by atoms with Gasteiger partial charge in [-0.15, -0.1) is 0 Å². The van der Waals surface area contributed by atoms with Crippen LogP contribution in [-0.4, -0.2) is 44.3 Å². The lowest BCUT2D eigenvalue weighted by Crippen LogP contribution is -2.37. The number of hydrogen-bond donors (Lipinski definition) is 1. The molecule has 1 saturated heterocycles. The van der Waals surface area contributed by atoms with Crippen LogP contribution in [0, 0.1) is 5.82 Å². The third-order valence-electron chi connectivity index (χ3n) is 6.92. The Kier molecular flexibility index (Phi) is 9.23. The van der Waals surface area contributed by atoms with E-state index in [2.05, 4.69) is 17.3 Å². The molecule has 2 heterocycles. The number of carbonyl (C=O) groups is 2. The molecule has 216 valence electrons. The maximum atomic E-state index is 13.7. The van der Waals surface area contributed by atoms with Crippen molar-refractivity contribution >= 4 is 40.5 Å². The minimum absolute atomic E-state index is 0.109. The van der Waals surface area contributed by atoms with Gasteiger partial charge in [0.05, 0.1) is 38.0 Å². The van der Waals surface area contributed by atoms with Crippen LogP contribution in [-0.2, 0) is 22.7 Å². The summed E-state index contributed by atoms with van der Waals surface area (Å²) in [7, 11) is 0. The van der Waals surface area contributed by atoms with Gasteiger partial charge in [-0.1, -0.05) is 55.8 Å². The summed E-state index contributed by atoms with van der Waals surface area (Å²) in [6.45, 7) is 3.44. The number of amides is 2. The molecule has 0 spiro atoms. The Balaban J connectivity index is 1.33. The van der Waals surface area contributed by atoms with E-state index in [1.54, 1.807) is 46.2 Å². The van der Waals surface area contributed by atoms with Gasteiger partial charge in [0, 0.05) is 11.9 Å². The Morgan fingerprint density at radius 3 is 2.43 bits per heavy atom. The van der Waals surface area contributed by atoms with Crippen LogP contribution in [0.2, 0.25) is 0 Å². The second kappa shape index (κ2) is 13.4. The Bertz CT molecular complexity index is 1530. The van der Waals surface area contributed by atoms with Gasteiger partial charge in [0.15, 0.2) is 5.11 Å². The van der Waals surface area contributed by atoms with Crippen molar-refractivity contribution < 1.29 is 18.7 Å². The molecule has 1 aliphatic heterocycles. The number of aromatic nitrogens is 2. The second-order valence-corrected chi connectivity index (χ2v) is 10.4. The number of benzene rings is 3. The third-order valence-corrected chi connectivity index (χ3v) is 7.34. The lowest BCUT2D eigenvalue weighted by atomic mass is 10.1. The molecule has 8 nitrogen and oxygen atoms in total. The average molecular weight is 586 g/mol. The van der Waals surface area contributed by atoms with E-state index < -0.39 is 6.04 Å². The third kappa shape index (κ3) is 7.01. The number of rotatable bonds is 12. The molecule has 1 aromatic heterocycles. The van der Waals surface area contributed by atoms with Crippen molar-refractivity contribution in [3.05, 3.63) is 108 Å². The highest BCUT2D eigenvalue weighted by Crippen LogP contribution is 2.29. The fourth-order valence-electron chi connectivity index (χ4n) is 4.73. The number of halogens is 1. The van der Waals surface area contributed by atoms with Crippen molar-refractivity contribution in [3.63, 3.8) is 0 Å². The van der Waals surface area contributed by atoms with Crippen molar-refractivity contribution in [1.82, 2.24) is 14.7 Å². The predicted molar refractivity (Wildman–Crippen MR) is 164 cm³/mol. The molecule has 10 heteroatoms. The van der Waals surface area contributed by atoms with Crippen LogP contribution in [0.3, 0.4) is 0 Å². The van der Waals surface area contributed by atoms with Crippen molar-refractivity contribution in [1.29, 1.82) is 0 Å². The van der Waals surface area contributed by atoms with Gasteiger partial charge in [0.1, 0.15) is 17.6 Å². The first-order valence-electron chi connectivity index (χ1n) is 13.9. The van der Waals surface area contributed by atoms with E-state index in [4.69, 9.17) is 17.0 Å². The molecule has 5 rings (SSSR count). The van der Waals surface area contributed by atoms with Crippen molar-refractivity contribution in [3.8, 4) is 5.75 Å². The number of unbranched alkanes of at least 4 members (excludes halogenated alkanes) is 1. The molecule has 42 heavy (non-hydrogen) atoms. The molecule has 1 fully saturated rings. The topological polar surface area (TPSA) is 79.7 Å². The fourth-order valence-corrected chi connectivity index (χ4v) is 5.11. The average Bonchev–Trinajstić information content (AvgIpc) is 3.53.